The number of amides is 1. The number of hydrogen-bond donors (Lipinski definition) is 3. The molecule has 20 heavy (non-hydrogen) atoms. The van der Waals surface area contributed by atoms with Crippen molar-refractivity contribution in [3.8, 4) is 0 Å². The molecule has 1 atom stereocenters. The maximum atomic E-state index is 11.9. The van der Waals surface area contributed by atoms with Crippen LogP contribution < -0.4 is 15.8 Å². The first-order chi connectivity index (χ1) is 9.26. The van der Waals surface area contributed by atoms with E-state index in [4.69, 9.17) is 5.73 Å². The normalized spacial score (nSPS) is 13.2. The van der Waals surface area contributed by atoms with Gasteiger partial charge in [-0.15, -0.1) is 0 Å². The molecule has 112 valence electrons. The predicted molar refractivity (Wildman–Crippen MR) is 78.7 cm³/mol. The lowest BCUT2D eigenvalue weighted by Crippen LogP contribution is -2.36. The topological polar surface area (TPSA) is 101 Å². The summed E-state index contributed by atoms with van der Waals surface area (Å²) in [6.45, 7) is 3.96. The molecule has 0 aliphatic heterocycles. The van der Waals surface area contributed by atoms with Crippen molar-refractivity contribution in [3.05, 3.63) is 24.3 Å². The van der Waals surface area contributed by atoms with Gasteiger partial charge in [-0.25, -0.2) is 13.1 Å². The monoisotopic (exact) mass is 299 g/mol. The highest BCUT2D eigenvalue weighted by Gasteiger charge is 2.16. The van der Waals surface area contributed by atoms with E-state index in [1.807, 2.05) is 13.8 Å². The van der Waals surface area contributed by atoms with Crippen LogP contribution >= 0.6 is 0 Å². The largest absolute Gasteiger partial charge is 0.325 e. The second-order valence-corrected chi connectivity index (χ2v) is 6.85. The Hall–Kier alpha value is -1.44. The van der Waals surface area contributed by atoms with Crippen LogP contribution in [0.4, 0.5) is 5.69 Å². The molecule has 0 aromatic heterocycles. The van der Waals surface area contributed by atoms with Gasteiger partial charge < -0.3 is 11.1 Å². The number of nitrogens with two attached hydrogens (primary N) is 1. The molecule has 0 unspecified atom stereocenters. The Morgan fingerprint density at radius 3 is 2.55 bits per heavy atom. The molecular formula is C13H21N3O3S. The third-order valence-electron chi connectivity index (χ3n) is 2.74. The highest BCUT2D eigenvalue weighted by Crippen LogP contribution is 2.15. The Balaban J connectivity index is 2.84. The van der Waals surface area contributed by atoms with Crippen molar-refractivity contribution >= 4 is 21.6 Å². The average Bonchev–Trinajstić information content (AvgIpc) is 2.38. The SMILES string of the molecule is CNS(=O)(=O)c1cccc(NC(=O)[C@@H](N)CC(C)C)c1. The van der Waals surface area contributed by atoms with E-state index in [9.17, 15) is 13.2 Å². The van der Waals surface area contributed by atoms with Gasteiger partial charge in [-0.1, -0.05) is 19.9 Å². The van der Waals surface area contributed by atoms with Crippen LogP contribution in [-0.2, 0) is 14.8 Å². The summed E-state index contributed by atoms with van der Waals surface area (Å²) in [5.41, 5.74) is 6.18. The second-order valence-electron chi connectivity index (χ2n) is 4.96. The average molecular weight is 299 g/mol. The lowest BCUT2D eigenvalue weighted by atomic mass is 10.0. The fraction of sp³-hybridized carbons (Fsp3) is 0.462. The third-order valence-corrected chi connectivity index (χ3v) is 4.15. The van der Waals surface area contributed by atoms with Crippen LogP contribution in [0.1, 0.15) is 20.3 Å². The number of nitrogens with one attached hydrogen (secondary N) is 2. The molecule has 0 radical (unpaired) electrons. The van der Waals surface area contributed by atoms with Gasteiger partial charge in [0, 0.05) is 5.69 Å². The molecular weight excluding hydrogens is 278 g/mol. The Labute approximate surface area is 119 Å². The lowest BCUT2D eigenvalue weighted by molar-refractivity contribution is -0.117. The van der Waals surface area contributed by atoms with Gasteiger partial charge in [0.1, 0.15) is 0 Å². The van der Waals surface area contributed by atoms with Gasteiger partial charge in [0.2, 0.25) is 15.9 Å². The number of hydrogen-bond acceptors (Lipinski definition) is 4. The minimum absolute atomic E-state index is 0.0928. The molecule has 0 heterocycles. The number of rotatable bonds is 6. The fourth-order valence-electron chi connectivity index (χ4n) is 1.71. The van der Waals surface area contributed by atoms with E-state index in [0.717, 1.165) is 0 Å². The Morgan fingerprint density at radius 1 is 1.35 bits per heavy atom. The summed E-state index contributed by atoms with van der Waals surface area (Å²) in [7, 11) is -2.20. The number of anilines is 1. The zero-order valence-electron chi connectivity index (χ0n) is 11.9. The first-order valence-electron chi connectivity index (χ1n) is 6.36. The number of benzene rings is 1. The van der Waals surface area contributed by atoms with Gasteiger partial charge >= 0.3 is 0 Å². The quantitative estimate of drug-likeness (QED) is 0.726. The van der Waals surface area contributed by atoms with Crippen molar-refractivity contribution in [2.75, 3.05) is 12.4 Å². The van der Waals surface area contributed by atoms with Crippen LogP contribution in [0.5, 0.6) is 0 Å². The summed E-state index contributed by atoms with van der Waals surface area (Å²) in [4.78, 5) is 12.0. The first-order valence-corrected chi connectivity index (χ1v) is 7.84. The molecule has 6 nitrogen and oxygen atoms in total. The predicted octanol–water partition coefficient (Wildman–Crippen LogP) is 0.907. The molecule has 0 saturated carbocycles. The standard InChI is InChI=1S/C13H21N3O3S/c1-9(2)7-12(14)13(17)16-10-5-4-6-11(8-10)20(18,19)15-3/h4-6,8-9,12,15H,7,14H2,1-3H3,(H,16,17)/t12-/m0/s1. The van der Waals surface area contributed by atoms with Gasteiger partial charge in [-0.3, -0.25) is 4.79 Å². The van der Waals surface area contributed by atoms with Crippen molar-refractivity contribution in [3.63, 3.8) is 0 Å². The molecule has 4 N–H and O–H groups in total. The molecule has 0 spiro atoms. The van der Waals surface area contributed by atoms with Crippen LogP contribution in [0.15, 0.2) is 29.2 Å². The highest BCUT2D eigenvalue weighted by molar-refractivity contribution is 7.89. The molecule has 1 aromatic carbocycles. The summed E-state index contributed by atoms with van der Waals surface area (Å²) in [5, 5.41) is 2.63. The van der Waals surface area contributed by atoms with Gasteiger partial charge in [-0.2, -0.15) is 0 Å². The maximum Gasteiger partial charge on any atom is 0.241 e. The number of carbonyl (C=O) groups is 1. The van der Waals surface area contributed by atoms with Crippen LogP contribution in [0, 0.1) is 5.92 Å². The van der Waals surface area contributed by atoms with Crippen LogP contribution in [0.25, 0.3) is 0 Å². The lowest BCUT2D eigenvalue weighted by Gasteiger charge is -2.14. The van der Waals surface area contributed by atoms with Crippen LogP contribution in [0.2, 0.25) is 0 Å². The zero-order valence-corrected chi connectivity index (χ0v) is 12.7. The summed E-state index contributed by atoms with van der Waals surface area (Å²) in [6, 6.07) is 5.42. The van der Waals surface area contributed by atoms with E-state index in [1.165, 1.54) is 19.2 Å². The Bertz CT molecular complexity index is 570. The van der Waals surface area contributed by atoms with Crippen molar-refractivity contribution in [1.82, 2.24) is 4.72 Å². The minimum atomic E-state index is -3.53. The minimum Gasteiger partial charge on any atom is -0.325 e. The van der Waals surface area contributed by atoms with Crippen LogP contribution in [-0.4, -0.2) is 27.4 Å². The van der Waals surface area contributed by atoms with Crippen molar-refractivity contribution in [2.45, 2.75) is 31.2 Å². The van der Waals surface area contributed by atoms with Gasteiger partial charge in [-0.05, 0) is 37.6 Å². The molecule has 0 aliphatic carbocycles. The van der Waals surface area contributed by atoms with E-state index in [0.29, 0.717) is 18.0 Å². The van der Waals surface area contributed by atoms with Crippen LogP contribution in [0.3, 0.4) is 0 Å². The molecule has 1 amide bonds. The molecule has 0 bridgehead atoms. The van der Waals surface area contributed by atoms with E-state index >= 15 is 0 Å². The molecule has 7 heteroatoms. The van der Waals surface area contributed by atoms with Gasteiger partial charge in [0.05, 0.1) is 10.9 Å². The second kappa shape index (κ2) is 6.83. The van der Waals surface area contributed by atoms with E-state index in [-0.39, 0.29) is 10.8 Å². The zero-order chi connectivity index (χ0) is 15.3. The van der Waals surface area contributed by atoms with Gasteiger partial charge in [0.25, 0.3) is 0 Å². The first kappa shape index (κ1) is 16.6. The fourth-order valence-corrected chi connectivity index (χ4v) is 2.48. The highest BCUT2D eigenvalue weighted by atomic mass is 32.2. The summed E-state index contributed by atoms with van der Waals surface area (Å²) < 4.78 is 25.6. The molecule has 1 rings (SSSR count). The molecule has 0 fully saturated rings. The Kier molecular flexibility index (Phi) is 5.67. The number of carbonyl (C=O) groups excluding carboxylic acids is 1. The van der Waals surface area contributed by atoms with Crippen molar-refractivity contribution < 1.29 is 13.2 Å². The van der Waals surface area contributed by atoms with Gasteiger partial charge in [0.15, 0.2) is 0 Å². The summed E-state index contributed by atoms with van der Waals surface area (Å²) >= 11 is 0. The Morgan fingerprint density at radius 2 is 2.00 bits per heavy atom. The molecule has 0 aliphatic rings. The van der Waals surface area contributed by atoms with Crippen molar-refractivity contribution in [1.29, 1.82) is 0 Å². The number of sulfonamides is 1. The van der Waals surface area contributed by atoms with E-state index in [2.05, 4.69) is 10.0 Å². The van der Waals surface area contributed by atoms with Crippen molar-refractivity contribution in [2.24, 2.45) is 11.7 Å². The maximum absolute atomic E-state index is 11.9. The smallest absolute Gasteiger partial charge is 0.241 e. The molecule has 1 aromatic rings. The van der Waals surface area contributed by atoms with E-state index < -0.39 is 16.1 Å². The summed E-state index contributed by atoms with van der Waals surface area (Å²) in [6.07, 6.45) is 0.570. The molecule has 0 saturated heterocycles. The van der Waals surface area contributed by atoms with E-state index in [1.54, 1.807) is 12.1 Å². The summed E-state index contributed by atoms with van der Waals surface area (Å²) in [5.74, 6) is -0.00976. The third kappa shape index (κ3) is 4.59.